The Hall–Kier alpha value is -0.283. The molecule has 1 aliphatic heterocycles. The highest BCUT2D eigenvalue weighted by atomic mass is 28.2. The van der Waals surface area contributed by atoms with Crippen molar-refractivity contribution in [1.82, 2.24) is 0 Å². The minimum Gasteiger partial charge on any atom is -0.505 e. The summed E-state index contributed by atoms with van der Waals surface area (Å²) in [4.78, 5) is 0. The molecule has 0 amide bonds. The van der Waals surface area contributed by atoms with Crippen LogP contribution in [0.15, 0.2) is 12.0 Å². The number of hydrogen-bond donors (Lipinski definition) is 0. The van der Waals surface area contributed by atoms with E-state index in [1.165, 1.54) is 19.3 Å². The Morgan fingerprint density at radius 2 is 2.45 bits per heavy atom. The number of methoxy groups -OCH3 is 1. The quantitative estimate of drug-likeness (QED) is 0.463. The molecule has 0 N–H and O–H groups in total. The second-order valence-electron chi connectivity index (χ2n) is 2.83. The molecule has 0 radical (unpaired) electrons. The molecule has 0 aliphatic carbocycles. The summed E-state index contributed by atoms with van der Waals surface area (Å²) in [5.41, 5.74) is 2.74. The lowest BCUT2D eigenvalue weighted by Crippen LogP contribution is -2.24. The molecule has 3 heteroatoms. The maximum Gasteiger partial charge on any atom is 0.0835 e. The predicted octanol–water partition coefficient (Wildman–Crippen LogP) is 0.799. The zero-order valence-corrected chi connectivity index (χ0v) is 8.50. The van der Waals surface area contributed by atoms with Crippen LogP contribution in [0, 0.1) is 0 Å². The van der Waals surface area contributed by atoms with E-state index >= 15 is 0 Å². The highest BCUT2D eigenvalue weighted by Crippen LogP contribution is 2.11. The van der Waals surface area contributed by atoms with Crippen LogP contribution in [-0.4, -0.2) is 29.0 Å². The van der Waals surface area contributed by atoms with Gasteiger partial charge in [0, 0.05) is 12.3 Å². The van der Waals surface area contributed by atoms with Crippen LogP contribution in [0.25, 0.3) is 0 Å². The van der Waals surface area contributed by atoms with Crippen molar-refractivity contribution in [2.45, 2.75) is 25.0 Å². The number of ether oxygens (including phenoxy) is 2. The van der Waals surface area contributed by atoms with Crippen LogP contribution in [0.2, 0.25) is 0 Å². The highest BCUT2D eigenvalue weighted by molar-refractivity contribution is 6.43. The average molecular weight is 172 g/mol. The largest absolute Gasteiger partial charge is 0.505 e. The van der Waals surface area contributed by atoms with E-state index < -0.39 is 0 Å². The van der Waals surface area contributed by atoms with E-state index in [1.54, 1.807) is 13.4 Å². The third-order valence-corrected chi connectivity index (χ3v) is 3.54. The van der Waals surface area contributed by atoms with Gasteiger partial charge in [0.15, 0.2) is 0 Å². The van der Waals surface area contributed by atoms with Gasteiger partial charge in [0.05, 0.1) is 22.9 Å². The monoisotopic (exact) mass is 172 g/mol. The molecule has 64 valence electrons. The summed E-state index contributed by atoms with van der Waals surface area (Å²) in [5, 5.41) is 0. The van der Waals surface area contributed by atoms with Crippen LogP contribution in [0.3, 0.4) is 0 Å². The standard InChI is InChI=1S/C8H16O2Si/c1-9-6-7-11-8-4-2-3-5-10-8/h6-8H,2-5,11H2,1H3. The van der Waals surface area contributed by atoms with Crippen LogP contribution in [0.4, 0.5) is 0 Å². The first-order valence-electron chi connectivity index (χ1n) is 4.23. The SMILES string of the molecule is COC=C[SiH2]C1CCCCO1. The maximum atomic E-state index is 5.58. The minimum absolute atomic E-state index is 0.173. The molecule has 1 rings (SSSR count). The van der Waals surface area contributed by atoms with Crippen molar-refractivity contribution >= 4 is 9.52 Å². The van der Waals surface area contributed by atoms with Gasteiger partial charge in [0.25, 0.3) is 0 Å². The second kappa shape index (κ2) is 5.38. The fourth-order valence-corrected chi connectivity index (χ4v) is 2.73. The molecule has 0 aromatic rings. The first-order valence-corrected chi connectivity index (χ1v) is 5.86. The molecule has 1 heterocycles. The van der Waals surface area contributed by atoms with Gasteiger partial charge in [-0.15, -0.1) is 0 Å². The Kier molecular flexibility index (Phi) is 4.31. The Balaban J connectivity index is 2.09. The molecule has 2 nitrogen and oxygen atoms in total. The summed E-state index contributed by atoms with van der Waals surface area (Å²) in [6.07, 6.45) is 5.64. The van der Waals surface area contributed by atoms with Crippen LogP contribution < -0.4 is 0 Å². The van der Waals surface area contributed by atoms with Gasteiger partial charge in [-0.2, -0.15) is 0 Å². The third kappa shape index (κ3) is 3.58. The van der Waals surface area contributed by atoms with Crippen molar-refractivity contribution < 1.29 is 9.47 Å². The molecule has 1 saturated heterocycles. The van der Waals surface area contributed by atoms with Gasteiger partial charge in [-0.05, 0) is 19.3 Å². The first kappa shape index (κ1) is 8.81. The molecule has 1 atom stereocenters. The molecule has 0 spiro atoms. The fraction of sp³-hybridized carbons (Fsp3) is 0.750. The van der Waals surface area contributed by atoms with Crippen LogP contribution >= 0.6 is 0 Å². The van der Waals surface area contributed by atoms with Gasteiger partial charge in [0.1, 0.15) is 0 Å². The zero-order chi connectivity index (χ0) is 7.94. The molecular formula is C8H16O2Si. The lowest BCUT2D eigenvalue weighted by atomic mass is 10.2. The van der Waals surface area contributed by atoms with E-state index in [-0.39, 0.29) is 9.52 Å². The highest BCUT2D eigenvalue weighted by Gasteiger charge is 2.11. The van der Waals surface area contributed by atoms with Crippen molar-refractivity contribution in [2.24, 2.45) is 0 Å². The molecular weight excluding hydrogens is 156 g/mol. The van der Waals surface area contributed by atoms with Gasteiger partial charge in [0.2, 0.25) is 0 Å². The predicted molar refractivity (Wildman–Crippen MR) is 48.3 cm³/mol. The van der Waals surface area contributed by atoms with Crippen molar-refractivity contribution in [3.63, 3.8) is 0 Å². The molecule has 0 aromatic heterocycles. The van der Waals surface area contributed by atoms with E-state index in [0.29, 0.717) is 5.73 Å². The lowest BCUT2D eigenvalue weighted by Gasteiger charge is -2.20. The number of rotatable bonds is 3. The van der Waals surface area contributed by atoms with Crippen LogP contribution in [-0.2, 0) is 9.47 Å². The third-order valence-electron chi connectivity index (χ3n) is 1.91. The second-order valence-corrected chi connectivity index (χ2v) is 4.69. The van der Waals surface area contributed by atoms with Crippen molar-refractivity contribution in [2.75, 3.05) is 13.7 Å². The Labute approximate surface area is 70.4 Å². The van der Waals surface area contributed by atoms with Crippen molar-refractivity contribution in [3.05, 3.63) is 12.0 Å². The average Bonchev–Trinajstić information content (AvgIpc) is 2.07. The topological polar surface area (TPSA) is 18.5 Å². The summed E-state index contributed by atoms with van der Waals surface area (Å²) in [5.74, 6) is 0. The van der Waals surface area contributed by atoms with E-state index in [9.17, 15) is 0 Å². The van der Waals surface area contributed by atoms with Crippen LogP contribution in [0.1, 0.15) is 19.3 Å². The summed E-state index contributed by atoms with van der Waals surface area (Å²) in [6.45, 7) is 0.971. The number of hydrogen-bond acceptors (Lipinski definition) is 2. The molecule has 1 unspecified atom stereocenters. The molecule has 1 aliphatic rings. The maximum absolute atomic E-state index is 5.58. The molecule has 11 heavy (non-hydrogen) atoms. The summed E-state index contributed by atoms with van der Waals surface area (Å²) in [6, 6.07) is 0. The minimum atomic E-state index is -0.173. The molecule has 0 bridgehead atoms. The molecule has 0 saturated carbocycles. The Bertz CT molecular complexity index is 119. The fourth-order valence-electron chi connectivity index (χ4n) is 1.30. The molecule has 0 aromatic carbocycles. The summed E-state index contributed by atoms with van der Waals surface area (Å²) in [7, 11) is 1.51. The van der Waals surface area contributed by atoms with E-state index in [2.05, 4.69) is 5.70 Å². The van der Waals surface area contributed by atoms with E-state index in [1.807, 2.05) is 0 Å². The van der Waals surface area contributed by atoms with E-state index in [0.717, 1.165) is 6.61 Å². The smallest absolute Gasteiger partial charge is 0.0835 e. The van der Waals surface area contributed by atoms with Crippen LogP contribution in [0.5, 0.6) is 0 Å². The van der Waals surface area contributed by atoms with E-state index in [4.69, 9.17) is 9.47 Å². The lowest BCUT2D eigenvalue weighted by molar-refractivity contribution is 0.0658. The molecule has 1 fully saturated rings. The summed E-state index contributed by atoms with van der Waals surface area (Å²) >= 11 is 0. The van der Waals surface area contributed by atoms with Gasteiger partial charge >= 0.3 is 0 Å². The van der Waals surface area contributed by atoms with Gasteiger partial charge < -0.3 is 9.47 Å². The Morgan fingerprint density at radius 1 is 1.55 bits per heavy atom. The van der Waals surface area contributed by atoms with Crippen molar-refractivity contribution in [3.8, 4) is 0 Å². The van der Waals surface area contributed by atoms with Gasteiger partial charge in [-0.25, -0.2) is 0 Å². The normalized spacial score (nSPS) is 26.8. The Morgan fingerprint density at radius 3 is 3.09 bits per heavy atom. The first-order chi connectivity index (χ1) is 5.43. The van der Waals surface area contributed by atoms with Gasteiger partial charge in [-0.3, -0.25) is 0 Å². The van der Waals surface area contributed by atoms with Crippen molar-refractivity contribution in [1.29, 1.82) is 0 Å². The van der Waals surface area contributed by atoms with Gasteiger partial charge in [-0.1, -0.05) is 5.70 Å². The zero-order valence-electron chi connectivity index (χ0n) is 7.08. The summed E-state index contributed by atoms with van der Waals surface area (Å²) < 4.78 is 10.4.